The molecule has 0 spiro atoms. The molecular formula is C21H25FN6O3. The Morgan fingerprint density at radius 2 is 2.16 bits per heavy atom. The van der Waals surface area contributed by atoms with Gasteiger partial charge >= 0.3 is 6.03 Å². The van der Waals surface area contributed by atoms with Crippen LogP contribution in [0.1, 0.15) is 48.1 Å². The number of nitrogens with one attached hydrogen (secondary N) is 1. The number of hydrogen-bond acceptors (Lipinski definition) is 5. The molecule has 9 nitrogen and oxygen atoms in total. The number of aromatic nitrogens is 2. The molecule has 1 aliphatic rings. The van der Waals surface area contributed by atoms with Crippen molar-refractivity contribution >= 4 is 17.6 Å². The van der Waals surface area contributed by atoms with Gasteiger partial charge in [-0.05, 0) is 38.5 Å². The molecule has 0 bridgehead atoms. The van der Waals surface area contributed by atoms with Crippen molar-refractivity contribution in [2.24, 2.45) is 0 Å². The Kier molecular flexibility index (Phi) is 5.99. The van der Waals surface area contributed by atoms with Crippen molar-refractivity contribution < 1.29 is 18.8 Å². The molecule has 164 valence electrons. The molecule has 3 rings (SSSR count). The number of carbonyl (C=O) groups is 2. The fourth-order valence-corrected chi connectivity index (χ4v) is 3.52. The number of rotatable bonds is 4. The number of fused-ring (bicyclic) bond motifs is 1. The fourth-order valence-electron chi connectivity index (χ4n) is 3.52. The van der Waals surface area contributed by atoms with E-state index in [1.54, 1.807) is 24.8 Å². The lowest BCUT2D eigenvalue weighted by Crippen LogP contribution is -2.36. The molecule has 31 heavy (non-hydrogen) atoms. The zero-order chi connectivity index (χ0) is 22.9. The van der Waals surface area contributed by atoms with Crippen LogP contribution in [-0.2, 0) is 24.3 Å². The van der Waals surface area contributed by atoms with E-state index in [2.05, 4.69) is 10.4 Å². The molecule has 0 aliphatic carbocycles. The number of carbonyl (C=O) groups excluding carboxylic acids is 2. The maximum atomic E-state index is 13.5. The van der Waals surface area contributed by atoms with E-state index in [0.29, 0.717) is 29.9 Å². The van der Waals surface area contributed by atoms with Crippen LogP contribution in [-0.4, -0.2) is 51.4 Å². The van der Waals surface area contributed by atoms with Gasteiger partial charge in [0.1, 0.15) is 23.2 Å². The molecule has 1 aliphatic heterocycles. The lowest BCUT2D eigenvalue weighted by molar-refractivity contribution is -0.190. The second-order valence-corrected chi connectivity index (χ2v) is 8.03. The molecule has 0 saturated carbocycles. The van der Waals surface area contributed by atoms with Crippen LogP contribution < -0.4 is 5.32 Å². The first kappa shape index (κ1) is 22.2. The number of halogens is 1. The number of nitriles is 1. The van der Waals surface area contributed by atoms with Crippen LogP contribution in [0.5, 0.6) is 0 Å². The summed E-state index contributed by atoms with van der Waals surface area (Å²) in [6.07, 6.45) is 0.590. The number of nitrogens with zero attached hydrogens (tertiary/aromatic N) is 5. The molecule has 0 saturated heterocycles. The Balaban J connectivity index is 1.87. The lowest BCUT2D eigenvalue weighted by atomic mass is 10.1. The molecule has 0 atom stereocenters. The van der Waals surface area contributed by atoms with Crippen LogP contribution in [0.4, 0.5) is 14.9 Å². The third-order valence-corrected chi connectivity index (χ3v) is 4.95. The van der Waals surface area contributed by atoms with E-state index in [4.69, 9.17) is 10.1 Å². The predicted molar refractivity (Wildman–Crippen MR) is 110 cm³/mol. The van der Waals surface area contributed by atoms with Crippen molar-refractivity contribution in [2.45, 2.75) is 45.9 Å². The number of anilines is 1. The van der Waals surface area contributed by atoms with Crippen molar-refractivity contribution in [3.63, 3.8) is 0 Å². The summed E-state index contributed by atoms with van der Waals surface area (Å²) in [4.78, 5) is 32.8. The fraction of sp³-hybridized carbons (Fsp3) is 0.429. The van der Waals surface area contributed by atoms with E-state index in [1.807, 2.05) is 20.8 Å². The maximum absolute atomic E-state index is 13.5. The molecule has 1 N–H and O–H groups in total. The summed E-state index contributed by atoms with van der Waals surface area (Å²) in [5, 5.41) is 17.4. The SMILES string of the molecule is CCc1nn2c(c1CN(C)C(=O)Nc1ccc(F)c(C#N)c1)C(=O)N(C)OC(C)(C)C2. The van der Waals surface area contributed by atoms with Crippen LogP contribution in [0, 0.1) is 17.1 Å². The Morgan fingerprint density at radius 3 is 2.81 bits per heavy atom. The zero-order valence-corrected chi connectivity index (χ0v) is 18.2. The van der Waals surface area contributed by atoms with Crippen molar-refractivity contribution in [1.82, 2.24) is 19.7 Å². The molecule has 10 heteroatoms. The number of urea groups is 1. The van der Waals surface area contributed by atoms with Gasteiger partial charge in [-0.3, -0.25) is 14.3 Å². The summed E-state index contributed by atoms with van der Waals surface area (Å²) in [5.74, 6) is -0.990. The molecular weight excluding hydrogens is 403 g/mol. The highest BCUT2D eigenvalue weighted by Gasteiger charge is 2.36. The largest absolute Gasteiger partial charge is 0.323 e. The highest BCUT2D eigenvalue weighted by molar-refractivity contribution is 5.94. The van der Waals surface area contributed by atoms with E-state index in [1.165, 1.54) is 22.1 Å². The quantitative estimate of drug-likeness (QED) is 0.807. The van der Waals surface area contributed by atoms with Crippen molar-refractivity contribution in [3.05, 3.63) is 46.5 Å². The molecule has 1 aromatic heterocycles. The topological polar surface area (TPSA) is 103 Å². The monoisotopic (exact) mass is 428 g/mol. The molecule has 2 heterocycles. The van der Waals surface area contributed by atoms with Gasteiger partial charge in [0.2, 0.25) is 0 Å². The average Bonchev–Trinajstić information content (AvgIpc) is 2.99. The zero-order valence-electron chi connectivity index (χ0n) is 18.2. The van der Waals surface area contributed by atoms with Crippen LogP contribution in [0.2, 0.25) is 0 Å². The average molecular weight is 428 g/mol. The van der Waals surface area contributed by atoms with E-state index in [9.17, 15) is 14.0 Å². The van der Waals surface area contributed by atoms with Gasteiger partial charge in [0, 0.05) is 25.3 Å². The van der Waals surface area contributed by atoms with Gasteiger partial charge in [-0.1, -0.05) is 6.92 Å². The molecule has 0 fully saturated rings. The van der Waals surface area contributed by atoms with E-state index >= 15 is 0 Å². The number of hydrogen-bond donors (Lipinski definition) is 1. The number of hydroxylamine groups is 2. The Labute approximate surface area is 179 Å². The summed E-state index contributed by atoms with van der Waals surface area (Å²) < 4.78 is 15.2. The summed E-state index contributed by atoms with van der Waals surface area (Å²) in [5.41, 5.74) is 1.27. The number of amides is 3. The van der Waals surface area contributed by atoms with Crippen molar-refractivity contribution in [3.8, 4) is 6.07 Å². The van der Waals surface area contributed by atoms with Crippen molar-refractivity contribution in [1.29, 1.82) is 5.26 Å². The highest BCUT2D eigenvalue weighted by atomic mass is 19.1. The van der Waals surface area contributed by atoms with Crippen LogP contribution in [0.15, 0.2) is 18.2 Å². The minimum Gasteiger partial charge on any atom is -0.323 e. The first-order valence-electron chi connectivity index (χ1n) is 9.83. The van der Waals surface area contributed by atoms with Gasteiger partial charge in [-0.15, -0.1) is 0 Å². The first-order valence-corrected chi connectivity index (χ1v) is 9.83. The Morgan fingerprint density at radius 1 is 1.45 bits per heavy atom. The summed E-state index contributed by atoms with van der Waals surface area (Å²) in [6, 6.07) is 5.04. The predicted octanol–water partition coefficient (Wildman–Crippen LogP) is 2.92. The minimum atomic E-state index is -0.656. The summed E-state index contributed by atoms with van der Waals surface area (Å²) in [6.45, 7) is 6.20. The van der Waals surface area contributed by atoms with Gasteiger partial charge in [0.05, 0.1) is 24.3 Å². The standard InChI is InChI=1S/C21H25FN6O3/c1-6-17-15(18-19(29)27(5)31-21(2,3)12-28(18)25-17)11-26(4)20(30)24-14-7-8-16(22)13(9-14)10-23/h7-9H,6,11-12H2,1-5H3,(H,24,30). The Bertz CT molecular complexity index is 1070. The second-order valence-electron chi connectivity index (χ2n) is 8.03. The van der Waals surface area contributed by atoms with E-state index in [0.717, 1.165) is 11.8 Å². The molecule has 0 unspecified atom stereocenters. The van der Waals surface area contributed by atoms with E-state index in [-0.39, 0.29) is 18.0 Å². The molecule has 2 aromatic rings. The smallest absolute Gasteiger partial charge is 0.321 e. The molecule has 0 radical (unpaired) electrons. The van der Waals surface area contributed by atoms with Gasteiger partial charge in [0.15, 0.2) is 0 Å². The minimum absolute atomic E-state index is 0.136. The number of aryl methyl sites for hydroxylation is 1. The highest BCUT2D eigenvalue weighted by Crippen LogP contribution is 2.27. The normalized spacial score (nSPS) is 15.1. The third kappa shape index (κ3) is 4.51. The van der Waals surface area contributed by atoms with Crippen LogP contribution in [0.3, 0.4) is 0 Å². The van der Waals surface area contributed by atoms with Gasteiger partial charge in [-0.25, -0.2) is 14.2 Å². The summed E-state index contributed by atoms with van der Waals surface area (Å²) in [7, 11) is 3.14. The maximum Gasteiger partial charge on any atom is 0.321 e. The summed E-state index contributed by atoms with van der Waals surface area (Å²) >= 11 is 0. The second kappa shape index (κ2) is 8.35. The van der Waals surface area contributed by atoms with Gasteiger partial charge in [0.25, 0.3) is 5.91 Å². The number of benzene rings is 1. The molecule has 3 amide bonds. The first-order chi connectivity index (χ1) is 14.6. The Hall–Kier alpha value is -3.45. The van der Waals surface area contributed by atoms with Gasteiger partial charge < -0.3 is 10.2 Å². The molecule has 1 aromatic carbocycles. The lowest BCUT2D eigenvalue weighted by Gasteiger charge is -2.26. The van der Waals surface area contributed by atoms with Gasteiger partial charge in [-0.2, -0.15) is 10.4 Å². The van der Waals surface area contributed by atoms with Crippen LogP contribution in [0.25, 0.3) is 0 Å². The third-order valence-electron chi connectivity index (χ3n) is 4.95. The van der Waals surface area contributed by atoms with E-state index < -0.39 is 17.4 Å². The van der Waals surface area contributed by atoms with Crippen LogP contribution >= 0.6 is 0 Å². The van der Waals surface area contributed by atoms with Crippen molar-refractivity contribution in [2.75, 3.05) is 19.4 Å².